The minimum absolute atomic E-state index is 0.0612. The number of hydrogen-bond acceptors (Lipinski definition) is 3. The van der Waals surface area contributed by atoms with Crippen molar-refractivity contribution < 1.29 is 19.5 Å². The zero-order valence-electron chi connectivity index (χ0n) is 11.9. The van der Waals surface area contributed by atoms with Gasteiger partial charge in [0.25, 0.3) is 0 Å². The van der Waals surface area contributed by atoms with Crippen molar-refractivity contribution in [2.24, 2.45) is 23.7 Å². The van der Waals surface area contributed by atoms with Gasteiger partial charge in [0, 0.05) is 0 Å². The van der Waals surface area contributed by atoms with Crippen molar-refractivity contribution in [2.45, 2.75) is 17.2 Å². The van der Waals surface area contributed by atoms with Gasteiger partial charge in [0.2, 0.25) is 11.8 Å². The van der Waals surface area contributed by atoms with Gasteiger partial charge in [0.05, 0.1) is 33.8 Å². The van der Waals surface area contributed by atoms with E-state index in [0.717, 1.165) is 6.42 Å². The van der Waals surface area contributed by atoms with Gasteiger partial charge in [0.1, 0.15) is 0 Å². The van der Waals surface area contributed by atoms with E-state index in [1.54, 1.807) is 0 Å². The monoisotopic (exact) mass is 353 g/mol. The number of carboxylic acids is 1. The highest BCUT2D eigenvalue weighted by Gasteiger charge is 2.66. The van der Waals surface area contributed by atoms with Crippen molar-refractivity contribution in [2.75, 3.05) is 4.90 Å². The van der Waals surface area contributed by atoms with E-state index in [1.165, 1.54) is 29.2 Å². The second kappa shape index (κ2) is 4.95. The highest BCUT2D eigenvalue weighted by Crippen LogP contribution is 2.59. The molecule has 2 aliphatic carbocycles. The summed E-state index contributed by atoms with van der Waals surface area (Å²) in [7, 11) is 0. The summed E-state index contributed by atoms with van der Waals surface area (Å²) in [6, 6.07) is 5.74. The summed E-state index contributed by atoms with van der Waals surface area (Å²) in [5, 5.41) is 8.37. The van der Waals surface area contributed by atoms with Gasteiger partial charge < -0.3 is 5.11 Å². The Morgan fingerprint density at radius 2 is 1.48 bits per heavy atom. The molecule has 23 heavy (non-hydrogen) atoms. The first-order chi connectivity index (χ1) is 10.9. The van der Waals surface area contributed by atoms with E-state index >= 15 is 0 Å². The highest BCUT2D eigenvalue weighted by molar-refractivity contribution is 6.32. The molecule has 6 atom stereocenters. The summed E-state index contributed by atoms with van der Waals surface area (Å²) >= 11 is 12.6. The van der Waals surface area contributed by atoms with Gasteiger partial charge in [-0.05, 0) is 42.5 Å². The molecule has 1 aromatic carbocycles. The topological polar surface area (TPSA) is 74.7 Å². The number of nitrogens with zero attached hydrogens (tertiary/aromatic N) is 1. The fraction of sp³-hybridized carbons (Fsp3) is 0.438. The molecule has 0 spiro atoms. The van der Waals surface area contributed by atoms with Crippen LogP contribution in [0.2, 0.25) is 0 Å². The molecular formula is C16H13Cl2NO4. The molecule has 3 fully saturated rings. The molecule has 2 bridgehead atoms. The number of aromatic carboxylic acids is 1. The Bertz CT molecular complexity index is 687. The molecule has 7 heteroatoms. The first-order valence-corrected chi connectivity index (χ1v) is 8.28. The third-order valence-corrected chi connectivity index (χ3v) is 6.68. The molecule has 1 aromatic rings. The molecule has 0 unspecified atom stereocenters. The number of carbonyl (C=O) groups is 3. The lowest BCUT2D eigenvalue weighted by Gasteiger charge is -2.28. The number of amides is 2. The number of carbonyl (C=O) groups excluding carboxylic acids is 2. The van der Waals surface area contributed by atoms with Gasteiger partial charge in [-0.25, -0.2) is 4.79 Å². The molecule has 1 saturated heterocycles. The lowest BCUT2D eigenvalue weighted by Crippen LogP contribution is -2.37. The number of benzene rings is 1. The van der Waals surface area contributed by atoms with Gasteiger partial charge in [-0.1, -0.05) is 0 Å². The van der Waals surface area contributed by atoms with Crippen LogP contribution < -0.4 is 4.90 Å². The van der Waals surface area contributed by atoms with Crippen molar-refractivity contribution in [1.29, 1.82) is 0 Å². The fourth-order valence-corrected chi connectivity index (χ4v) is 5.25. The van der Waals surface area contributed by atoms with Crippen LogP contribution in [0.15, 0.2) is 24.3 Å². The lowest BCUT2D eigenvalue weighted by molar-refractivity contribution is -0.123. The van der Waals surface area contributed by atoms with Gasteiger partial charge in [-0.3, -0.25) is 14.5 Å². The average Bonchev–Trinajstić information content (AvgIpc) is 3.12. The average molecular weight is 354 g/mol. The first-order valence-electron chi connectivity index (χ1n) is 7.41. The van der Waals surface area contributed by atoms with Crippen molar-refractivity contribution in [1.82, 2.24) is 0 Å². The number of halogens is 2. The van der Waals surface area contributed by atoms with E-state index in [2.05, 4.69) is 0 Å². The third-order valence-electron chi connectivity index (χ3n) is 5.36. The molecule has 1 aliphatic heterocycles. The van der Waals surface area contributed by atoms with E-state index < -0.39 is 17.8 Å². The van der Waals surface area contributed by atoms with E-state index in [9.17, 15) is 14.4 Å². The zero-order chi connectivity index (χ0) is 16.5. The molecule has 3 aliphatic rings. The van der Waals surface area contributed by atoms with E-state index in [1.807, 2.05) is 0 Å². The maximum Gasteiger partial charge on any atom is 0.335 e. The Labute approximate surface area is 142 Å². The predicted molar refractivity (Wildman–Crippen MR) is 83.8 cm³/mol. The fourth-order valence-electron chi connectivity index (χ4n) is 4.36. The van der Waals surface area contributed by atoms with Crippen LogP contribution in [0.25, 0.3) is 0 Å². The Morgan fingerprint density at radius 1 is 1.00 bits per heavy atom. The minimum atomic E-state index is -1.06. The summed E-state index contributed by atoms with van der Waals surface area (Å²) in [5.41, 5.74) is 0.505. The predicted octanol–water partition coefficient (Wildman–Crippen LogP) is 2.35. The quantitative estimate of drug-likeness (QED) is 0.654. The number of anilines is 1. The maximum absolute atomic E-state index is 12.7. The van der Waals surface area contributed by atoms with Crippen LogP contribution in [-0.4, -0.2) is 33.6 Å². The third kappa shape index (κ3) is 1.90. The molecule has 0 radical (unpaired) electrons. The van der Waals surface area contributed by atoms with Gasteiger partial charge in [0.15, 0.2) is 0 Å². The van der Waals surface area contributed by atoms with E-state index in [0.29, 0.717) is 5.69 Å². The molecular weight excluding hydrogens is 341 g/mol. The summed E-state index contributed by atoms with van der Waals surface area (Å²) in [5.74, 6) is -2.47. The van der Waals surface area contributed by atoms with Crippen molar-refractivity contribution in [3.05, 3.63) is 29.8 Å². The van der Waals surface area contributed by atoms with Crippen molar-refractivity contribution in [3.63, 3.8) is 0 Å². The Kier molecular flexibility index (Phi) is 3.22. The number of hydrogen-bond donors (Lipinski definition) is 1. The summed E-state index contributed by atoms with van der Waals surface area (Å²) < 4.78 is 0. The van der Waals surface area contributed by atoms with Gasteiger partial charge >= 0.3 is 5.97 Å². The molecule has 4 rings (SSSR count). The highest BCUT2D eigenvalue weighted by atomic mass is 35.5. The van der Waals surface area contributed by atoms with Crippen molar-refractivity contribution >= 4 is 46.7 Å². The molecule has 0 aromatic heterocycles. The van der Waals surface area contributed by atoms with E-state index in [-0.39, 0.29) is 40.0 Å². The van der Waals surface area contributed by atoms with Gasteiger partial charge in [-0.15, -0.1) is 23.2 Å². The Balaban J connectivity index is 1.68. The van der Waals surface area contributed by atoms with Crippen LogP contribution in [0.4, 0.5) is 5.69 Å². The summed E-state index contributed by atoms with van der Waals surface area (Å²) in [6.45, 7) is 0. The Hall–Kier alpha value is -1.59. The number of rotatable bonds is 2. The van der Waals surface area contributed by atoms with E-state index in [4.69, 9.17) is 28.3 Å². The molecule has 5 nitrogen and oxygen atoms in total. The molecule has 1 heterocycles. The first kappa shape index (κ1) is 15.0. The van der Waals surface area contributed by atoms with Crippen LogP contribution in [0, 0.1) is 23.7 Å². The number of imide groups is 1. The Morgan fingerprint density at radius 3 is 1.91 bits per heavy atom. The lowest BCUT2D eigenvalue weighted by atomic mass is 9.80. The molecule has 2 amide bonds. The smallest absolute Gasteiger partial charge is 0.335 e. The second-order valence-corrected chi connectivity index (χ2v) is 7.38. The maximum atomic E-state index is 12.7. The molecule has 1 N–H and O–H groups in total. The molecule has 120 valence electrons. The van der Waals surface area contributed by atoms with Crippen LogP contribution in [0.1, 0.15) is 16.8 Å². The minimum Gasteiger partial charge on any atom is -0.478 e. The van der Waals surface area contributed by atoms with Crippen LogP contribution in [0.5, 0.6) is 0 Å². The van der Waals surface area contributed by atoms with Crippen LogP contribution in [-0.2, 0) is 9.59 Å². The summed E-state index contributed by atoms with van der Waals surface area (Å²) in [4.78, 5) is 37.6. The SMILES string of the molecule is O=C(O)c1ccc(N2C(=O)[C@H]3[C@@H]4C[C@@H]([C@@H](Cl)[C@@H]4Cl)[C@@H]3C2=O)cc1. The second-order valence-electron chi connectivity index (χ2n) is 6.37. The number of fused-ring (bicyclic) bond motifs is 5. The van der Waals surface area contributed by atoms with Crippen molar-refractivity contribution in [3.8, 4) is 0 Å². The zero-order valence-corrected chi connectivity index (χ0v) is 13.4. The van der Waals surface area contributed by atoms with Crippen LogP contribution >= 0.6 is 23.2 Å². The van der Waals surface area contributed by atoms with Crippen LogP contribution in [0.3, 0.4) is 0 Å². The largest absolute Gasteiger partial charge is 0.478 e. The van der Waals surface area contributed by atoms with Gasteiger partial charge in [-0.2, -0.15) is 0 Å². The standard InChI is InChI=1S/C16H13Cl2NO4/c17-12-8-5-9(13(12)18)11-10(8)14(20)19(15(11)21)7-3-1-6(2-4-7)16(22)23/h1-4,8-13H,5H2,(H,22,23)/t8-,9+,10-,11-,12+,13+/m0/s1. The number of carboxylic acid groups (broad SMARTS) is 1. The summed E-state index contributed by atoms with van der Waals surface area (Å²) in [6.07, 6.45) is 0.723. The normalized spacial score (nSPS) is 38.3. The number of alkyl halides is 2. The molecule has 2 saturated carbocycles.